The van der Waals surface area contributed by atoms with Crippen LogP contribution in [0, 0.1) is 13.8 Å². The zero-order chi connectivity index (χ0) is 13.1. The van der Waals surface area contributed by atoms with Gasteiger partial charge in [0.15, 0.2) is 0 Å². The molecule has 0 aliphatic carbocycles. The average molecular weight is 241 g/mol. The van der Waals surface area contributed by atoms with Crippen LogP contribution in [-0.4, -0.2) is 9.97 Å². The van der Waals surface area contributed by atoms with Crippen LogP contribution in [0.5, 0.6) is 0 Å². The average Bonchev–Trinajstić information content (AvgIpc) is 2.32. The smallest absolute Gasteiger partial charge is 0.130 e. The first-order valence-corrected chi connectivity index (χ1v) is 6.30. The van der Waals surface area contributed by atoms with E-state index in [1.165, 1.54) is 11.1 Å². The molecule has 0 saturated heterocycles. The number of rotatable bonds is 3. The molecule has 0 aliphatic heterocycles. The molecule has 0 unspecified atom stereocenters. The zero-order valence-electron chi connectivity index (χ0n) is 11.2. The lowest BCUT2D eigenvalue weighted by Crippen LogP contribution is -2.03. The third kappa shape index (κ3) is 2.35. The maximum absolute atomic E-state index is 5.97. The number of hydrogen-bond donors (Lipinski definition) is 1. The first-order valence-electron chi connectivity index (χ1n) is 6.30. The number of aryl methyl sites for hydroxylation is 2. The van der Waals surface area contributed by atoms with Crippen molar-refractivity contribution in [1.82, 2.24) is 9.97 Å². The molecule has 0 aliphatic rings. The van der Waals surface area contributed by atoms with Gasteiger partial charge in [-0.3, -0.25) is 0 Å². The Kier molecular flexibility index (Phi) is 3.60. The fraction of sp³-hybridized carbons (Fsp3) is 0.333. The number of aromatic nitrogens is 2. The molecule has 3 heteroatoms. The Morgan fingerprint density at radius 1 is 1.17 bits per heavy atom. The van der Waals surface area contributed by atoms with Gasteiger partial charge >= 0.3 is 0 Å². The molecule has 18 heavy (non-hydrogen) atoms. The molecule has 2 rings (SSSR count). The number of nitrogens with zero attached hydrogens (tertiary/aromatic N) is 2. The van der Waals surface area contributed by atoms with E-state index in [2.05, 4.69) is 48.9 Å². The first-order chi connectivity index (χ1) is 8.63. The van der Waals surface area contributed by atoms with Gasteiger partial charge in [0.2, 0.25) is 0 Å². The number of benzene rings is 1. The standard InChI is InChI=1S/C15H19N3/c1-4-5-13-14(17-9-18-15(13)16)12-7-6-10(2)8-11(12)3/h6-9H,4-5H2,1-3H3,(H2,16,17,18). The Balaban J connectivity index is 2.59. The predicted molar refractivity (Wildman–Crippen MR) is 75.3 cm³/mol. The molecule has 0 radical (unpaired) electrons. The summed E-state index contributed by atoms with van der Waals surface area (Å²) in [6, 6.07) is 6.39. The van der Waals surface area contributed by atoms with E-state index >= 15 is 0 Å². The molecule has 0 amide bonds. The molecule has 2 N–H and O–H groups in total. The molecule has 0 fully saturated rings. The van der Waals surface area contributed by atoms with E-state index in [4.69, 9.17) is 5.73 Å². The quantitative estimate of drug-likeness (QED) is 0.897. The van der Waals surface area contributed by atoms with E-state index in [1.807, 2.05) is 0 Å². The lowest BCUT2D eigenvalue weighted by molar-refractivity contribution is 0.908. The number of nitrogens with two attached hydrogens (primary N) is 1. The summed E-state index contributed by atoms with van der Waals surface area (Å²) in [5.74, 6) is 0.599. The Morgan fingerprint density at radius 2 is 1.94 bits per heavy atom. The molecule has 3 nitrogen and oxygen atoms in total. The third-order valence-corrected chi connectivity index (χ3v) is 3.12. The highest BCUT2D eigenvalue weighted by atomic mass is 14.9. The predicted octanol–water partition coefficient (Wildman–Crippen LogP) is 3.30. The van der Waals surface area contributed by atoms with Crippen molar-refractivity contribution in [3.05, 3.63) is 41.2 Å². The number of anilines is 1. The maximum Gasteiger partial charge on any atom is 0.130 e. The van der Waals surface area contributed by atoms with Gasteiger partial charge in [0.25, 0.3) is 0 Å². The molecule has 0 spiro atoms. The summed E-state index contributed by atoms with van der Waals surface area (Å²) < 4.78 is 0. The molecule has 0 atom stereocenters. The van der Waals surface area contributed by atoms with Gasteiger partial charge in [0.1, 0.15) is 12.1 Å². The lowest BCUT2D eigenvalue weighted by atomic mass is 9.98. The second kappa shape index (κ2) is 5.17. The Morgan fingerprint density at radius 3 is 2.61 bits per heavy atom. The topological polar surface area (TPSA) is 51.8 Å². The van der Waals surface area contributed by atoms with Crippen molar-refractivity contribution in [1.29, 1.82) is 0 Å². The van der Waals surface area contributed by atoms with Gasteiger partial charge in [0, 0.05) is 11.1 Å². The molecule has 0 bridgehead atoms. The van der Waals surface area contributed by atoms with Crippen LogP contribution in [0.4, 0.5) is 5.82 Å². The van der Waals surface area contributed by atoms with Crippen LogP contribution in [0.2, 0.25) is 0 Å². The summed E-state index contributed by atoms with van der Waals surface area (Å²) in [4.78, 5) is 8.53. The second-order valence-corrected chi connectivity index (χ2v) is 4.65. The molecular weight excluding hydrogens is 222 g/mol. The van der Waals surface area contributed by atoms with E-state index in [0.29, 0.717) is 5.82 Å². The molecule has 2 aromatic rings. The van der Waals surface area contributed by atoms with Gasteiger partial charge < -0.3 is 5.73 Å². The van der Waals surface area contributed by atoms with Crippen LogP contribution < -0.4 is 5.73 Å². The Hall–Kier alpha value is -1.90. The van der Waals surface area contributed by atoms with Gasteiger partial charge in [-0.2, -0.15) is 0 Å². The van der Waals surface area contributed by atoms with Crippen LogP contribution in [0.25, 0.3) is 11.3 Å². The maximum atomic E-state index is 5.97. The fourth-order valence-electron chi connectivity index (χ4n) is 2.23. The van der Waals surface area contributed by atoms with Crippen LogP contribution >= 0.6 is 0 Å². The van der Waals surface area contributed by atoms with Crippen molar-refractivity contribution in [2.75, 3.05) is 5.73 Å². The fourth-order valence-corrected chi connectivity index (χ4v) is 2.23. The molecular formula is C15H19N3. The monoisotopic (exact) mass is 241 g/mol. The van der Waals surface area contributed by atoms with Crippen molar-refractivity contribution in [2.24, 2.45) is 0 Å². The van der Waals surface area contributed by atoms with Gasteiger partial charge in [0.05, 0.1) is 5.69 Å². The normalized spacial score (nSPS) is 10.6. The summed E-state index contributed by atoms with van der Waals surface area (Å²) in [5, 5.41) is 0. The second-order valence-electron chi connectivity index (χ2n) is 4.65. The van der Waals surface area contributed by atoms with Gasteiger partial charge in [-0.1, -0.05) is 37.1 Å². The van der Waals surface area contributed by atoms with Gasteiger partial charge in [-0.25, -0.2) is 9.97 Å². The summed E-state index contributed by atoms with van der Waals surface area (Å²) >= 11 is 0. The highest BCUT2D eigenvalue weighted by Crippen LogP contribution is 2.28. The zero-order valence-corrected chi connectivity index (χ0v) is 11.2. The van der Waals surface area contributed by atoms with E-state index in [-0.39, 0.29) is 0 Å². The van der Waals surface area contributed by atoms with Crippen LogP contribution in [0.1, 0.15) is 30.0 Å². The Bertz CT molecular complexity index is 562. The molecule has 1 aromatic carbocycles. The van der Waals surface area contributed by atoms with Crippen molar-refractivity contribution in [2.45, 2.75) is 33.6 Å². The molecule has 94 valence electrons. The SMILES string of the molecule is CCCc1c(N)ncnc1-c1ccc(C)cc1C. The van der Waals surface area contributed by atoms with Gasteiger partial charge in [-0.15, -0.1) is 0 Å². The van der Waals surface area contributed by atoms with E-state index in [9.17, 15) is 0 Å². The van der Waals surface area contributed by atoms with Crippen molar-refractivity contribution in [3.8, 4) is 11.3 Å². The van der Waals surface area contributed by atoms with Gasteiger partial charge in [-0.05, 0) is 25.8 Å². The molecule has 0 saturated carbocycles. The number of hydrogen-bond acceptors (Lipinski definition) is 3. The summed E-state index contributed by atoms with van der Waals surface area (Å²) in [5.41, 5.74) is 11.6. The minimum Gasteiger partial charge on any atom is -0.383 e. The highest BCUT2D eigenvalue weighted by Gasteiger charge is 2.12. The van der Waals surface area contributed by atoms with E-state index in [0.717, 1.165) is 29.7 Å². The van der Waals surface area contributed by atoms with E-state index in [1.54, 1.807) is 6.33 Å². The minimum absolute atomic E-state index is 0.599. The molecule has 1 heterocycles. The van der Waals surface area contributed by atoms with E-state index < -0.39 is 0 Å². The number of nitrogen functional groups attached to an aromatic ring is 1. The summed E-state index contributed by atoms with van der Waals surface area (Å²) in [6.07, 6.45) is 3.49. The third-order valence-electron chi connectivity index (χ3n) is 3.12. The minimum atomic E-state index is 0.599. The van der Waals surface area contributed by atoms with Crippen LogP contribution in [0.15, 0.2) is 24.5 Å². The molecule has 1 aromatic heterocycles. The van der Waals surface area contributed by atoms with Crippen LogP contribution in [-0.2, 0) is 6.42 Å². The van der Waals surface area contributed by atoms with Crippen molar-refractivity contribution < 1.29 is 0 Å². The van der Waals surface area contributed by atoms with Crippen molar-refractivity contribution in [3.63, 3.8) is 0 Å². The highest BCUT2D eigenvalue weighted by molar-refractivity contribution is 5.70. The lowest BCUT2D eigenvalue weighted by Gasteiger charge is -2.12. The Labute approximate surface area is 108 Å². The van der Waals surface area contributed by atoms with Crippen molar-refractivity contribution >= 4 is 5.82 Å². The first kappa shape index (κ1) is 12.6. The summed E-state index contributed by atoms with van der Waals surface area (Å²) in [6.45, 7) is 6.34. The largest absolute Gasteiger partial charge is 0.383 e. The van der Waals surface area contributed by atoms with Crippen LogP contribution in [0.3, 0.4) is 0 Å². The summed E-state index contributed by atoms with van der Waals surface area (Å²) in [7, 11) is 0.